The van der Waals surface area contributed by atoms with Gasteiger partial charge in [-0.25, -0.2) is 0 Å². The van der Waals surface area contributed by atoms with Crippen LogP contribution >= 0.6 is 0 Å². The lowest BCUT2D eigenvalue weighted by atomic mass is 9.84. The van der Waals surface area contributed by atoms with Crippen LogP contribution in [-0.4, -0.2) is 4.98 Å². The summed E-state index contributed by atoms with van der Waals surface area (Å²) >= 11 is 0. The molecule has 0 amide bonds. The smallest absolute Gasteiger partial charge is 0.0465 e. The Morgan fingerprint density at radius 3 is 1.20 bits per heavy atom. The second kappa shape index (κ2) is 15.7. The summed E-state index contributed by atoms with van der Waals surface area (Å²) in [6, 6.07) is 67.5. The van der Waals surface area contributed by atoms with Crippen molar-refractivity contribution in [3.8, 4) is 0 Å². The van der Waals surface area contributed by atoms with Crippen molar-refractivity contribution in [1.82, 2.24) is 4.98 Å². The van der Waals surface area contributed by atoms with Crippen molar-refractivity contribution in [1.29, 1.82) is 0 Å². The summed E-state index contributed by atoms with van der Waals surface area (Å²) in [5, 5.41) is 2.37. The van der Waals surface area contributed by atoms with E-state index in [0.717, 1.165) is 38.9 Å². The van der Waals surface area contributed by atoms with E-state index >= 15 is 0 Å². The molecule has 0 aliphatic heterocycles. The van der Waals surface area contributed by atoms with Crippen molar-refractivity contribution in [2.24, 2.45) is 0 Å². The minimum Gasteiger partial charge on any atom is -0.355 e. The zero-order valence-electron chi connectivity index (χ0n) is 30.4. The molecule has 0 atom stereocenters. The zero-order valence-corrected chi connectivity index (χ0v) is 30.4. The number of allylic oxidation sites excluding steroid dienone is 6. The Morgan fingerprint density at radius 1 is 0.426 bits per heavy atom. The van der Waals surface area contributed by atoms with Gasteiger partial charge in [0.1, 0.15) is 0 Å². The van der Waals surface area contributed by atoms with E-state index in [2.05, 4.69) is 219 Å². The van der Waals surface area contributed by atoms with Gasteiger partial charge >= 0.3 is 0 Å². The number of nitrogens with one attached hydrogen (secondary N) is 1. The molecular formula is C53H41N. The van der Waals surface area contributed by atoms with Crippen molar-refractivity contribution in [2.45, 2.75) is 6.92 Å². The van der Waals surface area contributed by atoms with Gasteiger partial charge in [0, 0.05) is 21.8 Å². The van der Waals surface area contributed by atoms with E-state index in [1.165, 1.54) is 49.8 Å². The molecule has 0 saturated carbocycles. The van der Waals surface area contributed by atoms with E-state index in [-0.39, 0.29) is 0 Å². The van der Waals surface area contributed by atoms with Crippen LogP contribution in [0, 0.1) is 0 Å². The minimum absolute atomic E-state index is 1.11. The summed E-state index contributed by atoms with van der Waals surface area (Å²) in [4.78, 5) is 3.74. The van der Waals surface area contributed by atoms with E-state index in [1.807, 2.05) is 12.2 Å². The summed E-state index contributed by atoms with van der Waals surface area (Å²) < 4.78 is 0. The quantitative estimate of drug-likeness (QED) is 0.109. The van der Waals surface area contributed by atoms with E-state index in [1.54, 1.807) is 0 Å². The van der Waals surface area contributed by atoms with E-state index in [4.69, 9.17) is 0 Å². The molecule has 0 spiro atoms. The van der Waals surface area contributed by atoms with Crippen LogP contribution in [0.3, 0.4) is 0 Å². The fourth-order valence-corrected chi connectivity index (χ4v) is 7.55. The number of H-pyrrole nitrogens is 1. The second-order valence-electron chi connectivity index (χ2n) is 13.3. The van der Waals surface area contributed by atoms with Gasteiger partial charge in [0.2, 0.25) is 0 Å². The number of aromatic nitrogens is 1. The average molecular weight is 692 g/mol. The number of hydrogen-bond donors (Lipinski definition) is 1. The summed E-state index contributed by atoms with van der Waals surface area (Å²) in [5.41, 5.74) is 16.3. The highest BCUT2D eigenvalue weighted by molar-refractivity contribution is 6.13. The number of benzene rings is 7. The second-order valence-corrected chi connectivity index (χ2v) is 13.3. The summed E-state index contributed by atoms with van der Waals surface area (Å²) in [7, 11) is 0. The van der Waals surface area contributed by atoms with E-state index in [0.29, 0.717) is 0 Å². The predicted octanol–water partition coefficient (Wildman–Crippen LogP) is 14.0. The van der Waals surface area contributed by atoms with Gasteiger partial charge in [-0.15, -0.1) is 0 Å². The van der Waals surface area contributed by atoms with Crippen LogP contribution in [-0.2, 0) is 0 Å². The molecule has 1 aromatic heterocycles. The zero-order chi connectivity index (χ0) is 36.7. The van der Waals surface area contributed by atoms with Gasteiger partial charge in [0.25, 0.3) is 0 Å². The van der Waals surface area contributed by atoms with Crippen LogP contribution in [0.25, 0.3) is 44.1 Å². The first-order valence-corrected chi connectivity index (χ1v) is 18.5. The molecule has 1 heteroatoms. The number of fused-ring (bicyclic) bond motifs is 3. The molecule has 0 aliphatic carbocycles. The predicted molar refractivity (Wildman–Crippen MR) is 232 cm³/mol. The van der Waals surface area contributed by atoms with Crippen LogP contribution in [0.4, 0.5) is 0 Å². The highest BCUT2D eigenvalue weighted by Crippen LogP contribution is 2.41. The molecule has 1 N–H and O–H groups in total. The number of aromatic amines is 1. The Hall–Kier alpha value is -6.96. The molecule has 0 fully saturated rings. The third-order valence-corrected chi connectivity index (χ3v) is 10.00. The average Bonchev–Trinajstić information content (AvgIpc) is 3.61. The van der Waals surface area contributed by atoms with Gasteiger partial charge in [-0.1, -0.05) is 195 Å². The van der Waals surface area contributed by atoms with E-state index in [9.17, 15) is 0 Å². The van der Waals surface area contributed by atoms with Gasteiger partial charge in [0.05, 0.1) is 0 Å². The third kappa shape index (κ3) is 6.84. The lowest BCUT2D eigenvalue weighted by Crippen LogP contribution is -1.98. The maximum Gasteiger partial charge on any atom is 0.0465 e. The van der Waals surface area contributed by atoms with Crippen molar-refractivity contribution in [3.63, 3.8) is 0 Å². The van der Waals surface area contributed by atoms with Crippen molar-refractivity contribution in [3.05, 3.63) is 263 Å². The van der Waals surface area contributed by atoms with Crippen molar-refractivity contribution in [2.75, 3.05) is 0 Å². The van der Waals surface area contributed by atoms with Crippen molar-refractivity contribution >= 4 is 44.1 Å². The Morgan fingerprint density at radius 2 is 0.796 bits per heavy atom. The molecular weight excluding hydrogens is 651 g/mol. The lowest BCUT2D eigenvalue weighted by molar-refractivity contribution is 1.49. The third-order valence-electron chi connectivity index (χ3n) is 10.00. The van der Waals surface area contributed by atoms with E-state index < -0.39 is 0 Å². The summed E-state index contributed by atoms with van der Waals surface area (Å²) in [6.07, 6.45) is 8.20. The molecule has 0 saturated heterocycles. The first-order chi connectivity index (χ1) is 26.7. The first kappa shape index (κ1) is 34.1. The monoisotopic (exact) mass is 691 g/mol. The molecule has 258 valence electrons. The van der Waals surface area contributed by atoms with Gasteiger partial charge in [-0.05, 0) is 98.0 Å². The van der Waals surface area contributed by atoms with Crippen molar-refractivity contribution < 1.29 is 0 Å². The Balaban J connectivity index is 1.42. The Bertz CT molecular complexity index is 2630. The summed E-state index contributed by atoms with van der Waals surface area (Å²) in [5.74, 6) is 0. The highest BCUT2D eigenvalue weighted by atomic mass is 14.7. The van der Waals surface area contributed by atoms with Crippen LogP contribution in [0.15, 0.2) is 225 Å². The van der Waals surface area contributed by atoms with Crippen LogP contribution < -0.4 is 0 Å². The molecule has 1 nitrogen and oxygen atoms in total. The molecule has 0 unspecified atom stereocenters. The molecule has 7 aromatic carbocycles. The van der Waals surface area contributed by atoms with Gasteiger partial charge in [-0.3, -0.25) is 0 Å². The Kier molecular flexibility index (Phi) is 9.95. The van der Waals surface area contributed by atoms with Crippen LogP contribution in [0.1, 0.15) is 45.9 Å². The number of rotatable bonds is 10. The largest absolute Gasteiger partial charge is 0.355 e. The first-order valence-electron chi connectivity index (χ1n) is 18.5. The topological polar surface area (TPSA) is 15.8 Å². The normalized spacial score (nSPS) is 12.2. The molecule has 0 aliphatic rings. The number of hydrogen-bond acceptors (Lipinski definition) is 0. The SMILES string of the molecule is C=C\C=C/C(=C\C)C(=C(\c1ccccc1)c1ccc2[nH]c3ccc(C(=C(c4ccccc4)c4ccccc4)c4ccccc4)cc3c2c1)/c1ccccc1. The maximum absolute atomic E-state index is 3.96. The fraction of sp³-hybridized carbons (Fsp3) is 0.0189. The Labute approximate surface area is 318 Å². The lowest BCUT2D eigenvalue weighted by Gasteiger charge is -2.19. The van der Waals surface area contributed by atoms with Gasteiger partial charge in [-0.2, -0.15) is 0 Å². The molecule has 8 rings (SSSR count). The molecule has 0 radical (unpaired) electrons. The maximum atomic E-state index is 3.96. The minimum atomic E-state index is 1.11. The molecule has 8 aromatic rings. The van der Waals surface area contributed by atoms with Crippen LogP contribution in [0.2, 0.25) is 0 Å². The van der Waals surface area contributed by atoms with Gasteiger partial charge < -0.3 is 4.98 Å². The molecule has 54 heavy (non-hydrogen) atoms. The molecule has 1 heterocycles. The fourth-order valence-electron chi connectivity index (χ4n) is 7.55. The summed E-state index contributed by atoms with van der Waals surface area (Å²) in [6.45, 7) is 6.07. The standard InChI is InChI=1S/C53H41N/c1-3-5-21-38(4-2)50(39-22-11-6-12-23-39)52(42-28-17-9-18-29-42)44-32-34-48-46(36-44)47-37-45(33-35-49(47)54-48)53(43-30-19-10-20-31-43)51(40-24-13-7-14-25-40)41-26-15-8-16-27-41/h3-37,54H,1H2,2H3/b21-5-,38-4+,52-50-. The van der Waals surface area contributed by atoms with Crippen LogP contribution in [0.5, 0.6) is 0 Å². The van der Waals surface area contributed by atoms with Gasteiger partial charge in [0.15, 0.2) is 0 Å². The highest BCUT2D eigenvalue weighted by Gasteiger charge is 2.20. The molecule has 0 bridgehead atoms.